The Labute approximate surface area is 267 Å². The van der Waals surface area contributed by atoms with Gasteiger partial charge in [-0.25, -0.2) is 0 Å². The van der Waals surface area contributed by atoms with E-state index in [1.54, 1.807) is 61.5 Å². The SMILES string of the molecule is Cc1cc(NC(=O)C(Sc2cccc(NC(=O)/C(=C\c3cccc(Br)c3)NC(=O)c3ccccc3)c2)c2ccccc2)no1. The van der Waals surface area contributed by atoms with Crippen molar-refractivity contribution in [3.05, 3.63) is 148 Å². The summed E-state index contributed by atoms with van der Waals surface area (Å²) in [6.45, 7) is 1.75. The Morgan fingerprint density at radius 1 is 0.841 bits per heavy atom. The summed E-state index contributed by atoms with van der Waals surface area (Å²) in [5.74, 6) is -0.273. The summed E-state index contributed by atoms with van der Waals surface area (Å²) in [4.78, 5) is 40.6. The van der Waals surface area contributed by atoms with Gasteiger partial charge in [-0.2, -0.15) is 0 Å². The van der Waals surface area contributed by atoms with Gasteiger partial charge in [0.05, 0.1) is 0 Å². The van der Waals surface area contributed by atoms with E-state index in [4.69, 9.17) is 4.52 Å². The molecule has 4 aromatic carbocycles. The van der Waals surface area contributed by atoms with Crippen LogP contribution >= 0.6 is 27.7 Å². The molecule has 0 bridgehead atoms. The first-order chi connectivity index (χ1) is 21.3. The average Bonchev–Trinajstić information content (AvgIpc) is 3.44. The number of aromatic nitrogens is 1. The van der Waals surface area contributed by atoms with E-state index in [1.807, 2.05) is 66.7 Å². The maximum atomic E-state index is 13.5. The van der Waals surface area contributed by atoms with Crippen LogP contribution in [0.15, 0.2) is 135 Å². The van der Waals surface area contributed by atoms with Gasteiger partial charge in [-0.05, 0) is 66.6 Å². The van der Waals surface area contributed by atoms with Crippen molar-refractivity contribution >= 4 is 63.0 Å². The van der Waals surface area contributed by atoms with E-state index in [2.05, 4.69) is 37.0 Å². The maximum absolute atomic E-state index is 13.5. The summed E-state index contributed by atoms with van der Waals surface area (Å²) in [5.41, 5.74) is 2.51. The standard InChI is InChI=1S/C34H27BrN4O4S/c1-22-18-30(39-43-22)38-34(42)31(24-11-4-2-5-12-24)44-28-17-9-16-27(21-28)36-33(41)29(20-23-10-8-15-26(35)19-23)37-32(40)25-13-6-3-7-14-25/h2-21,31H,1H3,(H,36,41)(H,37,40)(H,38,39,42)/b29-20+. The summed E-state index contributed by atoms with van der Waals surface area (Å²) in [7, 11) is 0. The number of halogens is 1. The highest BCUT2D eigenvalue weighted by molar-refractivity contribution is 9.10. The number of anilines is 2. The number of hydrogen-bond donors (Lipinski definition) is 3. The number of carbonyl (C=O) groups excluding carboxylic acids is 3. The second-order valence-electron chi connectivity index (χ2n) is 9.64. The Morgan fingerprint density at radius 3 is 2.27 bits per heavy atom. The molecule has 3 amide bonds. The van der Waals surface area contributed by atoms with E-state index in [1.165, 1.54) is 11.8 Å². The number of rotatable bonds is 10. The van der Waals surface area contributed by atoms with Crippen LogP contribution in [-0.4, -0.2) is 22.9 Å². The van der Waals surface area contributed by atoms with Crippen LogP contribution in [-0.2, 0) is 9.59 Å². The zero-order valence-corrected chi connectivity index (χ0v) is 25.9. The smallest absolute Gasteiger partial charge is 0.272 e. The molecule has 1 heterocycles. The van der Waals surface area contributed by atoms with Crippen LogP contribution in [0.3, 0.4) is 0 Å². The Bertz CT molecular complexity index is 1810. The number of hydrogen-bond acceptors (Lipinski definition) is 6. The highest BCUT2D eigenvalue weighted by Gasteiger charge is 2.24. The first-order valence-electron chi connectivity index (χ1n) is 13.5. The zero-order chi connectivity index (χ0) is 30.9. The average molecular weight is 668 g/mol. The van der Waals surface area contributed by atoms with Gasteiger partial charge in [-0.15, -0.1) is 11.8 Å². The highest BCUT2D eigenvalue weighted by Crippen LogP contribution is 2.37. The first-order valence-corrected chi connectivity index (χ1v) is 15.2. The van der Waals surface area contributed by atoms with Crippen molar-refractivity contribution in [3.8, 4) is 0 Å². The van der Waals surface area contributed by atoms with Gasteiger partial charge in [0.15, 0.2) is 5.82 Å². The van der Waals surface area contributed by atoms with Crippen LogP contribution in [0.2, 0.25) is 0 Å². The third-order valence-corrected chi connectivity index (χ3v) is 8.00. The van der Waals surface area contributed by atoms with Crippen LogP contribution in [0.4, 0.5) is 11.5 Å². The minimum absolute atomic E-state index is 0.0689. The molecule has 5 rings (SSSR count). The third-order valence-electron chi connectivity index (χ3n) is 6.25. The monoisotopic (exact) mass is 666 g/mol. The minimum Gasteiger partial charge on any atom is -0.360 e. The van der Waals surface area contributed by atoms with Crippen LogP contribution in [0.5, 0.6) is 0 Å². The van der Waals surface area contributed by atoms with Crippen molar-refractivity contribution in [2.75, 3.05) is 10.6 Å². The van der Waals surface area contributed by atoms with E-state index in [-0.39, 0.29) is 11.6 Å². The number of carbonyl (C=O) groups is 3. The molecule has 0 aliphatic heterocycles. The second kappa shape index (κ2) is 14.5. The molecule has 8 nitrogen and oxygen atoms in total. The van der Waals surface area contributed by atoms with Crippen LogP contribution in [0.1, 0.15) is 32.5 Å². The number of aryl methyl sites for hydroxylation is 1. The van der Waals surface area contributed by atoms with Crippen molar-refractivity contribution in [1.29, 1.82) is 0 Å². The van der Waals surface area contributed by atoms with E-state index < -0.39 is 17.1 Å². The molecule has 0 aliphatic rings. The molecular formula is C34H27BrN4O4S. The van der Waals surface area contributed by atoms with Crippen molar-refractivity contribution in [2.24, 2.45) is 0 Å². The number of benzene rings is 4. The van der Waals surface area contributed by atoms with Gasteiger partial charge in [0.1, 0.15) is 16.7 Å². The summed E-state index contributed by atoms with van der Waals surface area (Å²) >= 11 is 4.77. The second-order valence-corrected chi connectivity index (χ2v) is 11.7. The molecule has 10 heteroatoms. The van der Waals surface area contributed by atoms with Gasteiger partial charge in [-0.3, -0.25) is 14.4 Å². The molecule has 1 aromatic heterocycles. The van der Waals surface area contributed by atoms with E-state index in [9.17, 15) is 14.4 Å². The van der Waals surface area contributed by atoms with Gasteiger partial charge in [-0.1, -0.05) is 87.8 Å². The molecule has 3 N–H and O–H groups in total. The molecule has 0 aliphatic carbocycles. The van der Waals surface area contributed by atoms with Crippen LogP contribution in [0.25, 0.3) is 6.08 Å². The molecule has 0 spiro atoms. The lowest BCUT2D eigenvalue weighted by molar-refractivity contribution is -0.116. The molecule has 1 unspecified atom stereocenters. The van der Waals surface area contributed by atoms with Gasteiger partial charge in [0, 0.05) is 26.7 Å². The lowest BCUT2D eigenvalue weighted by Gasteiger charge is -2.17. The Balaban J connectivity index is 1.37. The number of nitrogens with zero attached hydrogens (tertiary/aromatic N) is 1. The zero-order valence-electron chi connectivity index (χ0n) is 23.5. The summed E-state index contributed by atoms with van der Waals surface area (Å²) in [6, 6.07) is 34.3. The predicted octanol–water partition coefficient (Wildman–Crippen LogP) is 7.63. The third kappa shape index (κ3) is 8.33. The Morgan fingerprint density at radius 2 is 1.57 bits per heavy atom. The molecule has 5 aromatic rings. The highest BCUT2D eigenvalue weighted by atomic mass is 79.9. The quantitative estimate of drug-likeness (QED) is 0.104. The van der Waals surface area contributed by atoms with Gasteiger partial charge in [0.25, 0.3) is 11.8 Å². The van der Waals surface area contributed by atoms with E-state index in [0.29, 0.717) is 22.8 Å². The normalized spacial score (nSPS) is 11.8. The van der Waals surface area contributed by atoms with Crippen molar-refractivity contribution < 1.29 is 18.9 Å². The lowest BCUT2D eigenvalue weighted by Crippen LogP contribution is -2.30. The van der Waals surface area contributed by atoms with Crippen LogP contribution < -0.4 is 16.0 Å². The fourth-order valence-electron chi connectivity index (χ4n) is 4.20. The van der Waals surface area contributed by atoms with Gasteiger partial charge >= 0.3 is 0 Å². The first kappa shape index (κ1) is 30.5. The molecule has 0 saturated carbocycles. The summed E-state index contributed by atoms with van der Waals surface area (Å²) in [5, 5.41) is 11.7. The fraction of sp³-hybridized carbons (Fsp3) is 0.0588. The lowest BCUT2D eigenvalue weighted by atomic mass is 10.1. The predicted molar refractivity (Wildman–Crippen MR) is 176 cm³/mol. The molecule has 0 saturated heterocycles. The molecule has 0 radical (unpaired) electrons. The largest absolute Gasteiger partial charge is 0.360 e. The van der Waals surface area contributed by atoms with Crippen molar-refractivity contribution in [2.45, 2.75) is 17.1 Å². The number of nitrogens with one attached hydrogen (secondary N) is 3. The molecular weight excluding hydrogens is 640 g/mol. The Kier molecular flexibility index (Phi) is 10.1. The number of amides is 3. The van der Waals surface area contributed by atoms with Crippen LogP contribution in [0, 0.1) is 6.92 Å². The van der Waals surface area contributed by atoms with E-state index in [0.717, 1.165) is 20.5 Å². The molecule has 220 valence electrons. The fourth-order valence-corrected chi connectivity index (χ4v) is 5.71. The molecule has 44 heavy (non-hydrogen) atoms. The minimum atomic E-state index is -0.615. The topological polar surface area (TPSA) is 113 Å². The van der Waals surface area contributed by atoms with Gasteiger partial charge < -0.3 is 20.5 Å². The van der Waals surface area contributed by atoms with E-state index >= 15 is 0 Å². The summed E-state index contributed by atoms with van der Waals surface area (Å²) in [6.07, 6.45) is 1.61. The van der Waals surface area contributed by atoms with Crippen molar-refractivity contribution in [3.63, 3.8) is 0 Å². The van der Waals surface area contributed by atoms with Gasteiger partial charge in [0.2, 0.25) is 5.91 Å². The number of thioether (sulfide) groups is 1. The summed E-state index contributed by atoms with van der Waals surface area (Å²) < 4.78 is 5.92. The molecule has 1 atom stereocenters. The molecule has 0 fully saturated rings. The Hall–Kier alpha value is -4.93. The van der Waals surface area contributed by atoms with Crippen molar-refractivity contribution in [1.82, 2.24) is 10.5 Å². The maximum Gasteiger partial charge on any atom is 0.272 e.